The number of benzene rings is 2. The molecular weight excluding hydrogens is 263 g/mol. The number of nitrogens with zero attached hydrogens (tertiary/aromatic N) is 1. The van der Waals surface area contributed by atoms with Crippen LogP contribution in [0.15, 0.2) is 65.6 Å². The molecule has 94 valence electrons. The molecule has 1 unspecified atom stereocenters. The van der Waals surface area contributed by atoms with Gasteiger partial charge in [0.05, 0.1) is 1.37 Å². The number of aliphatic imine (C=N–C) groups is 1. The second-order valence-electron chi connectivity index (χ2n) is 4.25. The molecule has 0 aromatic heterocycles. The van der Waals surface area contributed by atoms with Crippen LogP contribution in [0.1, 0.15) is 12.5 Å². The molecule has 20 heavy (non-hydrogen) atoms. The predicted octanol–water partition coefficient (Wildman–Crippen LogP) is -1.58. The Morgan fingerprint density at radius 2 is 1.60 bits per heavy atom. The molecule has 0 saturated carbocycles. The average Bonchev–Trinajstić information content (AvgIpc) is 2.76. The molecule has 0 radical (unpaired) electrons. The third-order valence-corrected chi connectivity index (χ3v) is 3.18. The number of hydrogen-bond acceptors (Lipinski definition) is 2. The Hall–Kier alpha value is -1.62. The summed E-state index contributed by atoms with van der Waals surface area (Å²) in [4.78, 5) is 15.0. The minimum Gasteiger partial charge on any atom is -0.859 e. The third-order valence-electron chi connectivity index (χ3n) is 3.18. The quantitative estimate of drug-likeness (QED) is 0.672. The summed E-state index contributed by atoms with van der Waals surface area (Å²) >= 11 is 0. The molecule has 1 heterocycles. The minimum absolute atomic E-state index is 0. The number of carbonyl (C=O) groups is 1. The second-order valence-corrected chi connectivity index (χ2v) is 4.25. The van der Waals surface area contributed by atoms with Crippen molar-refractivity contribution in [3.63, 3.8) is 0 Å². The molecular formula is C15H11N2NaO2. The SMILES string of the molecule is [2H]c1ccc(C2(c3ccccc3)NC(=O)N=C2[O-])cc1.[Na+]. The van der Waals surface area contributed by atoms with Gasteiger partial charge in [0.2, 0.25) is 0 Å². The summed E-state index contributed by atoms with van der Waals surface area (Å²) in [6, 6.07) is 15.2. The van der Waals surface area contributed by atoms with Gasteiger partial charge in [-0.15, -0.1) is 0 Å². The van der Waals surface area contributed by atoms with Crippen LogP contribution in [0.2, 0.25) is 0 Å². The molecule has 2 aromatic carbocycles. The van der Waals surface area contributed by atoms with Gasteiger partial charge < -0.3 is 10.4 Å². The van der Waals surface area contributed by atoms with E-state index >= 15 is 0 Å². The van der Waals surface area contributed by atoms with Crippen molar-refractivity contribution < 1.29 is 40.8 Å². The van der Waals surface area contributed by atoms with E-state index in [1.807, 2.05) is 6.07 Å². The van der Waals surface area contributed by atoms with Crippen molar-refractivity contribution in [3.05, 3.63) is 71.8 Å². The second kappa shape index (κ2) is 5.79. The van der Waals surface area contributed by atoms with Crippen LogP contribution in [0.25, 0.3) is 0 Å². The van der Waals surface area contributed by atoms with E-state index in [-0.39, 0.29) is 29.6 Å². The molecule has 1 N–H and O–H groups in total. The maximum Gasteiger partial charge on any atom is 1.00 e. The van der Waals surface area contributed by atoms with Gasteiger partial charge in [-0.3, -0.25) is 0 Å². The molecule has 2 aromatic rings. The summed E-state index contributed by atoms with van der Waals surface area (Å²) in [6.07, 6.45) is 0. The van der Waals surface area contributed by atoms with Gasteiger partial charge in [-0.05, 0) is 11.1 Å². The fourth-order valence-electron chi connectivity index (χ4n) is 2.30. The maximum absolute atomic E-state index is 12.3. The molecule has 1 atom stereocenters. The average molecular weight is 275 g/mol. The smallest absolute Gasteiger partial charge is 0.859 e. The summed E-state index contributed by atoms with van der Waals surface area (Å²) in [7, 11) is 0. The summed E-state index contributed by atoms with van der Waals surface area (Å²) in [6.45, 7) is 0. The molecule has 3 rings (SSSR count). The van der Waals surface area contributed by atoms with Gasteiger partial charge in [-0.25, -0.2) is 9.79 Å². The number of hydrogen-bond donors (Lipinski definition) is 1. The zero-order valence-corrected chi connectivity index (χ0v) is 13.0. The first-order valence-electron chi connectivity index (χ1n) is 6.34. The molecule has 4 nitrogen and oxygen atoms in total. The molecule has 0 saturated heterocycles. The van der Waals surface area contributed by atoms with E-state index in [0.717, 1.165) is 0 Å². The van der Waals surface area contributed by atoms with E-state index in [1.165, 1.54) is 0 Å². The first kappa shape index (κ1) is 13.4. The monoisotopic (exact) mass is 275 g/mol. The summed E-state index contributed by atoms with van der Waals surface area (Å²) in [5.74, 6) is -0.536. The van der Waals surface area contributed by atoms with E-state index in [4.69, 9.17) is 1.37 Å². The fraction of sp³-hybridized carbons (Fsp3) is 0.0667. The van der Waals surface area contributed by atoms with E-state index in [9.17, 15) is 9.90 Å². The maximum atomic E-state index is 12.3. The van der Waals surface area contributed by atoms with Crippen LogP contribution in [0.3, 0.4) is 0 Å². The van der Waals surface area contributed by atoms with Gasteiger partial charge in [-0.2, -0.15) is 0 Å². The van der Waals surface area contributed by atoms with Crippen molar-refractivity contribution in [2.24, 2.45) is 4.99 Å². The Kier molecular flexibility index (Phi) is 3.87. The standard InChI is InChI=1S/C15H12N2O2.Na/c18-13-15(17-14(19)16-13,11-7-3-1-4-8-11)12-9-5-2-6-10-12;/h1-10H,(H2,16,17,18,19);/q;+1/p-1/i1D;. The number of rotatable bonds is 2. The van der Waals surface area contributed by atoms with Gasteiger partial charge in [0, 0.05) is 5.90 Å². The van der Waals surface area contributed by atoms with Crippen LogP contribution in [-0.2, 0) is 5.54 Å². The number of nitrogens with one attached hydrogen (secondary N) is 1. The Labute approximate surface area is 140 Å². The van der Waals surface area contributed by atoms with Crippen molar-refractivity contribution in [2.75, 3.05) is 0 Å². The van der Waals surface area contributed by atoms with E-state index < -0.39 is 17.5 Å². The van der Waals surface area contributed by atoms with Gasteiger partial charge in [0.15, 0.2) is 0 Å². The molecule has 1 aliphatic rings. The summed E-state index contributed by atoms with van der Waals surface area (Å²) in [5.41, 5.74) is -0.0388. The normalized spacial score (nSPS) is 21.5. The predicted molar refractivity (Wildman–Crippen MR) is 69.6 cm³/mol. The molecule has 5 heteroatoms. The van der Waals surface area contributed by atoms with Crippen LogP contribution >= 0.6 is 0 Å². The molecule has 2 amide bonds. The first-order valence-corrected chi connectivity index (χ1v) is 5.84. The van der Waals surface area contributed by atoms with Crippen LogP contribution in [0, 0.1) is 0 Å². The van der Waals surface area contributed by atoms with Crippen molar-refractivity contribution in [2.45, 2.75) is 5.54 Å². The van der Waals surface area contributed by atoms with Crippen molar-refractivity contribution in [1.82, 2.24) is 5.32 Å². The number of amides is 2. The van der Waals surface area contributed by atoms with Crippen LogP contribution < -0.4 is 40.0 Å². The van der Waals surface area contributed by atoms with E-state index in [1.54, 1.807) is 48.5 Å². The Morgan fingerprint density at radius 3 is 2.10 bits per heavy atom. The first-order chi connectivity index (χ1) is 9.63. The minimum atomic E-state index is -1.29. The van der Waals surface area contributed by atoms with Crippen LogP contribution in [0.4, 0.5) is 4.79 Å². The van der Waals surface area contributed by atoms with E-state index in [0.29, 0.717) is 17.2 Å². The summed E-state index contributed by atoms with van der Waals surface area (Å²) < 4.78 is 7.52. The van der Waals surface area contributed by atoms with Gasteiger partial charge in [0.25, 0.3) is 0 Å². The molecule has 0 spiro atoms. The van der Waals surface area contributed by atoms with Gasteiger partial charge in [-0.1, -0.05) is 60.6 Å². The third kappa shape index (κ3) is 2.26. The molecule has 0 fully saturated rings. The Balaban J connectivity index is 0.00000161. The fourth-order valence-corrected chi connectivity index (χ4v) is 2.30. The zero-order valence-electron chi connectivity index (χ0n) is 12.0. The zero-order chi connectivity index (χ0) is 14.2. The molecule has 0 bridgehead atoms. The number of carbonyl (C=O) groups excluding carboxylic acids is 1. The molecule has 1 aliphatic heterocycles. The molecule has 0 aliphatic carbocycles. The largest absolute Gasteiger partial charge is 1.00 e. The summed E-state index contributed by atoms with van der Waals surface area (Å²) in [5, 5.41) is 14.9. The Bertz CT molecular complexity index is 689. The van der Waals surface area contributed by atoms with Crippen molar-refractivity contribution in [3.8, 4) is 0 Å². The van der Waals surface area contributed by atoms with Crippen LogP contribution in [0.5, 0.6) is 0 Å². The topological polar surface area (TPSA) is 64.5 Å². The van der Waals surface area contributed by atoms with Crippen molar-refractivity contribution >= 4 is 11.9 Å². The van der Waals surface area contributed by atoms with E-state index in [2.05, 4.69) is 10.3 Å². The van der Waals surface area contributed by atoms with Crippen LogP contribution in [-0.4, -0.2) is 11.9 Å². The van der Waals surface area contributed by atoms with Gasteiger partial charge in [0.1, 0.15) is 5.54 Å². The number of urea groups is 1. The Morgan fingerprint density at radius 1 is 1.05 bits per heavy atom. The van der Waals surface area contributed by atoms with Crippen molar-refractivity contribution in [1.29, 1.82) is 0 Å². The van der Waals surface area contributed by atoms with Gasteiger partial charge >= 0.3 is 35.6 Å².